The number of rotatable bonds is 5. The number of nitrogens with two attached hydrogens (primary N) is 1. The predicted octanol–water partition coefficient (Wildman–Crippen LogP) is 1.65. The van der Waals surface area contributed by atoms with E-state index in [-0.39, 0.29) is 5.91 Å². The predicted molar refractivity (Wildman–Crippen MR) is 86.1 cm³/mol. The third-order valence-corrected chi connectivity index (χ3v) is 4.50. The maximum absolute atomic E-state index is 10.9. The lowest BCUT2D eigenvalue weighted by Gasteiger charge is -2.31. The van der Waals surface area contributed by atoms with Crippen LogP contribution in [0, 0.1) is 20.8 Å². The Hall–Kier alpha value is -1.39. The minimum absolute atomic E-state index is 0.229. The van der Waals surface area contributed by atoms with E-state index in [0.717, 1.165) is 32.5 Å². The number of amides is 1. The van der Waals surface area contributed by atoms with Gasteiger partial charge in [-0.3, -0.25) is 9.69 Å². The molecule has 0 saturated carbocycles. The second-order valence-electron chi connectivity index (χ2n) is 6.26. The van der Waals surface area contributed by atoms with Crippen molar-refractivity contribution in [3.63, 3.8) is 0 Å². The Kier molecular flexibility index (Phi) is 5.37. The van der Waals surface area contributed by atoms with Gasteiger partial charge in [0.1, 0.15) is 0 Å². The van der Waals surface area contributed by atoms with Gasteiger partial charge >= 0.3 is 0 Å². The molecule has 1 saturated heterocycles. The molecule has 1 fully saturated rings. The highest BCUT2D eigenvalue weighted by Crippen LogP contribution is 2.16. The van der Waals surface area contributed by atoms with Crippen molar-refractivity contribution in [3.05, 3.63) is 34.4 Å². The zero-order chi connectivity index (χ0) is 15.4. The smallest absolute Gasteiger partial charge is 0.231 e. The van der Waals surface area contributed by atoms with E-state index in [2.05, 4.69) is 43.1 Å². The molecule has 4 nitrogen and oxygen atoms in total. The first kappa shape index (κ1) is 16.0. The van der Waals surface area contributed by atoms with Gasteiger partial charge in [0.2, 0.25) is 5.91 Å². The number of piperidine rings is 1. The second kappa shape index (κ2) is 7.05. The van der Waals surface area contributed by atoms with Crippen molar-refractivity contribution < 1.29 is 4.79 Å². The van der Waals surface area contributed by atoms with Crippen molar-refractivity contribution in [3.8, 4) is 0 Å². The first-order valence-corrected chi connectivity index (χ1v) is 7.76. The van der Waals surface area contributed by atoms with Crippen LogP contribution in [-0.2, 0) is 11.3 Å². The lowest BCUT2D eigenvalue weighted by molar-refractivity contribution is -0.119. The molecule has 2 rings (SSSR count). The molecule has 0 bridgehead atoms. The fraction of sp³-hybridized carbons (Fsp3) is 0.588. The van der Waals surface area contributed by atoms with Gasteiger partial charge in [0.25, 0.3) is 0 Å². The number of hydrogen-bond donors (Lipinski definition) is 2. The minimum Gasteiger partial charge on any atom is -0.369 e. The summed E-state index contributed by atoms with van der Waals surface area (Å²) in [6, 6.07) is 5.09. The Balaban J connectivity index is 1.82. The third kappa shape index (κ3) is 4.55. The Morgan fingerprint density at radius 1 is 1.19 bits per heavy atom. The molecule has 0 unspecified atom stereocenters. The van der Waals surface area contributed by atoms with Crippen LogP contribution in [0.2, 0.25) is 0 Å². The quantitative estimate of drug-likeness (QED) is 0.866. The Bertz CT molecular complexity index is 505. The van der Waals surface area contributed by atoms with Crippen LogP contribution in [0.1, 0.15) is 35.1 Å². The summed E-state index contributed by atoms with van der Waals surface area (Å²) in [6.07, 6.45) is 2.16. The van der Waals surface area contributed by atoms with Crippen LogP contribution in [0.3, 0.4) is 0 Å². The van der Waals surface area contributed by atoms with E-state index >= 15 is 0 Å². The van der Waals surface area contributed by atoms with Crippen LogP contribution >= 0.6 is 0 Å². The van der Waals surface area contributed by atoms with E-state index in [0.29, 0.717) is 12.6 Å². The summed E-state index contributed by atoms with van der Waals surface area (Å²) in [7, 11) is 0. The molecule has 4 heteroatoms. The molecule has 3 N–H and O–H groups in total. The summed E-state index contributed by atoms with van der Waals surface area (Å²) < 4.78 is 0. The number of carbonyl (C=O) groups is 1. The summed E-state index contributed by atoms with van der Waals surface area (Å²) in [5, 5.41) is 3.66. The largest absolute Gasteiger partial charge is 0.369 e. The second-order valence-corrected chi connectivity index (χ2v) is 6.26. The maximum Gasteiger partial charge on any atom is 0.231 e. The zero-order valence-corrected chi connectivity index (χ0v) is 13.4. The molecule has 0 atom stereocenters. The molecule has 116 valence electrons. The molecular weight excluding hydrogens is 262 g/mol. The SMILES string of the molecule is Cc1cc(C)c(CNC2CCN(CC(N)=O)CC2)cc1C. The summed E-state index contributed by atoms with van der Waals surface area (Å²) in [5.74, 6) is -0.229. The fourth-order valence-electron chi connectivity index (χ4n) is 2.98. The standard InChI is InChI=1S/C17H27N3O/c1-12-8-14(3)15(9-13(12)2)10-19-16-4-6-20(7-5-16)11-17(18)21/h8-9,16,19H,4-7,10-11H2,1-3H3,(H2,18,21). The number of nitrogens with one attached hydrogen (secondary N) is 1. The Labute approximate surface area is 127 Å². The first-order chi connectivity index (χ1) is 9.95. The molecule has 1 amide bonds. The Morgan fingerprint density at radius 2 is 1.81 bits per heavy atom. The molecule has 1 aromatic rings. The summed E-state index contributed by atoms with van der Waals surface area (Å²) >= 11 is 0. The zero-order valence-electron chi connectivity index (χ0n) is 13.4. The number of likely N-dealkylation sites (tertiary alicyclic amines) is 1. The third-order valence-electron chi connectivity index (χ3n) is 4.50. The van der Waals surface area contributed by atoms with Crippen molar-refractivity contribution >= 4 is 5.91 Å². The minimum atomic E-state index is -0.229. The number of carbonyl (C=O) groups excluding carboxylic acids is 1. The van der Waals surface area contributed by atoms with E-state index in [9.17, 15) is 4.79 Å². The van der Waals surface area contributed by atoms with Crippen LogP contribution in [0.4, 0.5) is 0 Å². The van der Waals surface area contributed by atoms with Crippen LogP contribution in [0.25, 0.3) is 0 Å². The molecule has 1 aliphatic rings. The molecule has 0 aliphatic carbocycles. The number of hydrogen-bond acceptors (Lipinski definition) is 3. The van der Waals surface area contributed by atoms with Gasteiger partial charge < -0.3 is 11.1 Å². The van der Waals surface area contributed by atoms with Crippen LogP contribution in [0.15, 0.2) is 12.1 Å². The molecule has 1 aromatic carbocycles. The van der Waals surface area contributed by atoms with Gasteiger partial charge in [0, 0.05) is 25.7 Å². The molecule has 21 heavy (non-hydrogen) atoms. The van der Waals surface area contributed by atoms with Gasteiger partial charge in [-0.15, -0.1) is 0 Å². The van der Waals surface area contributed by atoms with Gasteiger partial charge in [0.05, 0.1) is 6.54 Å². The number of primary amides is 1. The molecule has 0 radical (unpaired) electrons. The lowest BCUT2D eigenvalue weighted by Crippen LogP contribution is -2.45. The molecule has 1 aliphatic heterocycles. The molecule has 0 aromatic heterocycles. The van der Waals surface area contributed by atoms with Gasteiger partial charge in [-0.1, -0.05) is 12.1 Å². The van der Waals surface area contributed by atoms with E-state index in [4.69, 9.17) is 5.73 Å². The molecule has 0 spiro atoms. The van der Waals surface area contributed by atoms with E-state index in [1.54, 1.807) is 0 Å². The van der Waals surface area contributed by atoms with Gasteiger partial charge in [0.15, 0.2) is 0 Å². The average molecular weight is 289 g/mol. The van der Waals surface area contributed by atoms with Crippen molar-refractivity contribution in [1.82, 2.24) is 10.2 Å². The van der Waals surface area contributed by atoms with Crippen molar-refractivity contribution in [2.75, 3.05) is 19.6 Å². The van der Waals surface area contributed by atoms with Crippen molar-refractivity contribution in [2.45, 2.75) is 46.2 Å². The van der Waals surface area contributed by atoms with Gasteiger partial charge in [-0.05, 0) is 55.9 Å². The maximum atomic E-state index is 10.9. The van der Waals surface area contributed by atoms with E-state index in [1.165, 1.54) is 22.3 Å². The highest BCUT2D eigenvalue weighted by atomic mass is 16.1. The highest BCUT2D eigenvalue weighted by Gasteiger charge is 2.19. The van der Waals surface area contributed by atoms with Gasteiger partial charge in [-0.2, -0.15) is 0 Å². The number of nitrogens with zero attached hydrogens (tertiary/aromatic N) is 1. The summed E-state index contributed by atoms with van der Waals surface area (Å²) in [6.45, 7) is 9.73. The van der Waals surface area contributed by atoms with E-state index < -0.39 is 0 Å². The average Bonchev–Trinajstić information content (AvgIpc) is 2.42. The monoisotopic (exact) mass is 289 g/mol. The van der Waals surface area contributed by atoms with Crippen LogP contribution < -0.4 is 11.1 Å². The number of benzene rings is 1. The van der Waals surface area contributed by atoms with Crippen molar-refractivity contribution in [2.24, 2.45) is 5.73 Å². The summed E-state index contributed by atoms with van der Waals surface area (Å²) in [4.78, 5) is 13.1. The van der Waals surface area contributed by atoms with Crippen LogP contribution in [-0.4, -0.2) is 36.5 Å². The summed E-state index contributed by atoms with van der Waals surface area (Å²) in [5.41, 5.74) is 10.7. The first-order valence-electron chi connectivity index (χ1n) is 7.76. The molecular formula is C17H27N3O. The van der Waals surface area contributed by atoms with Crippen LogP contribution in [0.5, 0.6) is 0 Å². The highest BCUT2D eigenvalue weighted by molar-refractivity contribution is 5.75. The lowest BCUT2D eigenvalue weighted by atomic mass is 9.99. The van der Waals surface area contributed by atoms with Gasteiger partial charge in [-0.25, -0.2) is 0 Å². The fourth-order valence-corrected chi connectivity index (χ4v) is 2.98. The normalized spacial score (nSPS) is 17.1. The van der Waals surface area contributed by atoms with Crippen molar-refractivity contribution in [1.29, 1.82) is 0 Å². The topological polar surface area (TPSA) is 58.4 Å². The van der Waals surface area contributed by atoms with E-state index in [1.807, 2.05) is 0 Å². The number of aryl methyl sites for hydroxylation is 3. The molecule has 1 heterocycles. The Morgan fingerprint density at radius 3 is 2.43 bits per heavy atom.